The van der Waals surface area contributed by atoms with E-state index in [-0.39, 0.29) is 42.6 Å². The predicted octanol–water partition coefficient (Wildman–Crippen LogP) is 1.65. The Labute approximate surface area is 177 Å². The van der Waals surface area contributed by atoms with Gasteiger partial charge < -0.3 is 9.64 Å². The van der Waals surface area contributed by atoms with Gasteiger partial charge in [0.05, 0.1) is 12.2 Å². The maximum absolute atomic E-state index is 15.1. The van der Waals surface area contributed by atoms with Crippen LogP contribution < -0.4 is 5.32 Å². The van der Waals surface area contributed by atoms with Crippen molar-refractivity contribution in [1.82, 2.24) is 15.1 Å². The standard InChI is InChI=1S/C22H34FN3O4/c1-3-25(4-2)16-6-5-7-18(16)30-19-10-13-12-26(22(29)14(13)11-15(19)23)17-8-9-20(27)24-21(17)28/h13-19H,3-12H2,1-2H3,(H,24,27,28)/t13?,14?,15?,16-,17?,18?,19?/m0/s1. The molecule has 30 heavy (non-hydrogen) atoms. The molecule has 7 nitrogen and oxygen atoms in total. The zero-order valence-electron chi connectivity index (χ0n) is 18.0. The molecule has 6 unspecified atom stereocenters. The Bertz CT molecular complexity index is 685. The van der Waals surface area contributed by atoms with E-state index in [1.54, 1.807) is 4.90 Å². The number of hydrogen-bond donors (Lipinski definition) is 1. The van der Waals surface area contributed by atoms with Gasteiger partial charge in [-0.25, -0.2) is 4.39 Å². The quantitative estimate of drug-likeness (QED) is 0.657. The number of fused-ring (bicyclic) bond motifs is 1. The van der Waals surface area contributed by atoms with Gasteiger partial charge in [-0.05, 0) is 57.5 Å². The van der Waals surface area contributed by atoms with Crippen LogP contribution in [0.3, 0.4) is 0 Å². The summed E-state index contributed by atoms with van der Waals surface area (Å²) < 4.78 is 21.4. The van der Waals surface area contributed by atoms with E-state index in [4.69, 9.17) is 4.74 Å². The molecule has 4 fully saturated rings. The third-order valence-electron chi connectivity index (χ3n) is 7.65. The number of alkyl halides is 1. The summed E-state index contributed by atoms with van der Waals surface area (Å²) in [6.07, 6.45) is 2.82. The highest BCUT2D eigenvalue weighted by Crippen LogP contribution is 2.42. The maximum Gasteiger partial charge on any atom is 0.249 e. The summed E-state index contributed by atoms with van der Waals surface area (Å²) in [6.45, 7) is 6.67. The molecule has 2 aliphatic heterocycles. The summed E-state index contributed by atoms with van der Waals surface area (Å²) in [5, 5.41) is 2.33. The number of hydrogen-bond acceptors (Lipinski definition) is 5. The third-order valence-corrected chi connectivity index (χ3v) is 7.65. The van der Waals surface area contributed by atoms with Crippen LogP contribution in [0, 0.1) is 11.8 Å². The van der Waals surface area contributed by atoms with Crippen molar-refractivity contribution in [2.75, 3.05) is 19.6 Å². The molecule has 3 amide bonds. The first-order chi connectivity index (χ1) is 14.4. The van der Waals surface area contributed by atoms with E-state index in [1.165, 1.54) is 0 Å². The van der Waals surface area contributed by atoms with Crippen molar-refractivity contribution in [1.29, 1.82) is 0 Å². The highest BCUT2D eigenvalue weighted by Gasteiger charge is 2.51. The first kappa shape index (κ1) is 21.7. The Kier molecular flexibility index (Phi) is 6.44. The summed E-state index contributed by atoms with van der Waals surface area (Å²) in [4.78, 5) is 40.6. The van der Waals surface area contributed by atoms with Gasteiger partial charge in [-0.2, -0.15) is 0 Å². The number of rotatable bonds is 6. The second-order valence-electron chi connectivity index (χ2n) is 9.24. The molecule has 0 aromatic carbocycles. The highest BCUT2D eigenvalue weighted by atomic mass is 19.1. The van der Waals surface area contributed by atoms with Crippen LogP contribution in [0.4, 0.5) is 4.39 Å². The average molecular weight is 424 g/mol. The van der Waals surface area contributed by atoms with Gasteiger partial charge in [0.1, 0.15) is 12.2 Å². The summed E-state index contributed by atoms with van der Waals surface area (Å²) >= 11 is 0. The van der Waals surface area contributed by atoms with Gasteiger partial charge in [0.25, 0.3) is 0 Å². The summed E-state index contributed by atoms with van der Waals surface area (Å²) in [5.74, 6) is -1.22. The van der Waals surface area contributed by atoms with Crippen LogP contribution in [0.25, 0.3) is 0 Å². The van der Waals surface area contributed by atoms with E-state index in [0.29, 0.717) is 25.4 Å². The first-order valence-corrected chi connectivity index (χ1v) is 11.6. The number of likely N-dealkylation sites (tertiary alicyclic amines) is 1. The lowest BCUT2D eigenvalue weighted by molar-refractivity contribution is -0.145. The van der Waals surface area contributed by atoms with Crippen molar-refractivity contribution in [3.8, 4) is 0 Å². The SMILES string of the molecule is CCN(CC)[C@H]1CCCC1OC1CC2CN(C3CCC(=O)NC3=O)C(=O)C2CC1F. The Morgan fingerprint density at radius 2 is 1.87 bits per heavy atom. The number of ether oxygens (including phenoxy) is 1. The molecule has 0 aromatic rings. The van der Waals surface area contributed by atoms with E-state index in [1.807, 2.05) is 0 Å². The topological polar surface area (TPSA) is 79.0 Å². The fourth-order valence-electron chi connectivity index (χ4n) is 6.06. The van der Waals surface area contributed by atoms with Crippen molar-refractivity contribution < 1.29 is 23.5 Å². The van der Waals surface area contributed by atoms with E-state index in [0.717, 1.165) is 32.4 Å². The first-order valence-electron chi connectivity index (χ1n) is 11.6. The molecule has 2 aliphatic carbocycles. The zero-order valence-corrected chi connectivity index (χ0v) is 18.0. The molecule has 0 bridgehead atoms. The van der Waals surface area contributed by atoms with Crippen LogP contribution in [0.1, 0.15) is 58.8 Å². The average Bonchev–Trinajstić information content (AvgIpc) is 3.29. The molecule has 2 saturated heterocycles. The van der Waals surface area contributed by atoms with Crippen LogP contribution in [0.5, 0.6) is 0 Å². The predicted molar refractivity (Wildman–Crippen MR) is 108 cm³/mol. The van der Waals surface area contributed by atoms with Crippen molar-refractivity contribution in [2.45, 2.75) is 89.3 Å². The van der Waals surface area contributed by atoms with Crippen LogP contribution in [-0.2, 0) is 19.1 Å². The minimum atomic E-state index is -1.16. The molecule has 2 saturated carbocycles. The van der Waals surface area contributed by atoms with Gasteiger partial charge in [0.2, 0.25) is 17.7 Å². The van der Waals surface area contributed by atoms with Gasteiger partial charge >= 0.3 is 0 Å². The minimum absolute atomic E-state index is 0.00762. The number of carbonyl (C=O) groups is 3. The molecule has 0 aromatic heterocycles. The molecule has 8 heteroatoms. The van der Waals surface area contributed by atoms with Crippen LogP contribution in [0.2, 0.25) is 0 Å². The summed E-state index contributed by atoms with van der Waals surface area (Å²) in [6, 6.07) is -0.268. The van der Waals surface area contributed by atoms with Crippen LogP contribution in [0.15, 0.2) is 0 Å². The van der Waals surface area contributed by atoms with Crippen LogP contribution >= 0.6 is 0 Å². The lowest BCUT2D eigenvalue weighted by atomic mass is 9.79. The summed E-state index contributed by atoms with van der Waals surface area (Å²) in [5.41, 5.74) is 0. The molecule has 2 heterocycles. The van der Waals surface area contributed by atoms with E-state index >= 15 is 4.39 Å². The lowest BCUT2D eigenvalue weighted by Gasteiger charge is -2.38. The number of carbonyl (C=O) groups excluding carboxylic acids is 3. The number of likely N-dealkylation sites (N-methyl/N-ethyl adjacent to an activating group) is 1. The number of piperidine rings is 1. The summed E-state index contributed by atoms with van der Waals surface area (Å²) in [7, 11) is 0. The highest BCUT2D eigenvalue weighted by molar-refractivity contribution is 6.02. The Balaban J connectivity index is 1.40. The zero-order chi connectivity index (χ0) is 21.4. The fraction of sp³-hybridized carbons (Fsp3) is 0.864. The van der Waals surface area contributed by atoms with Gasteiger partial charge in [0.15, 0.2) is 0 Å². The number of nitrogens with one attached hydrogen (secondary N) is 1. The van der Waals surface area contributed by atoms with Gasteiger partial charge in [0, 0.05) is 24.9 Å². The van der Waals surface area contributed by atoms with Crippen molar-refractivity contribution >= 4 is 17.7 Å². The van der Waals surface area contributed by atoms with Gasteiger partial charge in [-0.15, -0.1) is 0 Å². The van der Waals surface area contributed by atoms with Crippen molar-refractivity contribution in [3.63, 3.8) is 0 Å². The van der Waals surface area contributed by atoms with E-state index in [2.05, 4.69) is 24.1 Å². The molecule has 168 valence electrons. The minimum Gasteiger partial charge on any atom is -0.370 e. The monoisotopic (exact) mass is 423 g/mol. The van der Waals surface area contributed by atoms with Gasteiger partial charge in [-0.1, -0.05) is 13.8 Å². The molecule has 4 rings (SSSR count). The molecule has 0 radical (unpaired) electrons. The maximum atomic E-state index is 15.1. The Morgan fingerprint density at radius 1 is 1.10 bits per heavy atom. The molecule has 7 atom stereocenters. The molecule has 4 aliphatic rings. The number of imide groups is 1. The second kappa shape index (κ2) is 8.91. The molecule has 0 spiro atoms. The Morgan fingerprint density at radius 3 is 2.57 bits per heavy atom. The second-order valence-corrected chi connectivity index (χ2v) is 9.24. The largest absolute Gasteiger partial charge is 0.370 e. The number of nitrogens with zero attached hydrogens (tertiary/aromatic N) is 2. The molecular weight excluding hydrogens is 389 g/mol. The molecule has 1 N–H and O–H groups in total. The lowest BCUT2D eigenvalue weighted by Crippen LogP contribution is -2.53. The third kappa shape index (κ3) is 4.00. The number of halogens is 1. The van der Waals surface area contributed by atoms with Crippen molar-refractivity contribution in [2.24, 2.45) is 11.8 Å². The van der Waals surface area contributed by atoms with Gasteiger partial charge in [-0.3, -0.25) is 24.6 Å². The Hall–Kier alpha value is -1.54. The van der Waals surface area contributed by atoms with E-state index in [9.17, 15) is 14.4 Å². The van der Waals surface area contributed by atoms with Crippen LogP contribution in [-0.4, -0.2) is 77.6 Å². The fourth-order valence-corrected chi connectivity index (χ4v) is 6.06. The normalized spacial score (nSPS) is 39.5. The smallest absolute Gasteiger partial charge is 0.249 e. The van der Waals surface area contributed by atoms with Crippen molar-refractivity contribution in [3.05, 3.63) is 0 Å². The number of amides is 3. The van der Waals surface area contributed by atoms with E-state index < -0.39 is 24.2 Å². The molecular formula is C22H34FN3O4.